The van der Waals surface area contributed by atoms with Gasteiger partial charge in [0, 0.05) is 17.7 Å². The molecular weight excluding hydrogens is 198 g/mol. The van der Waals surface area contributed by atoms with Crippen molar-refractivity contribution in [3.05, 3.63) is 34.9 Å². The van der Waals surface area contributed by atoms with Gasteiger partial charge in [-0.15, -0.1) is 0 Å². The fourth-order valence-electron chi connectivity index (χ4n) is 1.53. The lowest BCUT2D eigenvalue weighted by Crippen LogP contribution is -2.20. The average Bonchev–Trinajstić information content (AvgIpc) is 2.15. The molecule has 3 heteroatoms. The normalized spacial score (nSPS) is 13.2. The molecule has 2 nitrogen and oxygen atoms in total. The maximum absolute atomic E-state index is 8.95. The van der Waals surface area contributed by atoms with Crippen molar-refractivity contribution < 1.29 is 5.11 Å². The quantitative estimate of drug-likeness (QED) is 0.830. The zero-order valence-electron chi connectivity index (χ0n) is 8.57. The fourth-order valence-corrected chi connectivity index (χ4v) is 1.66. The first-order valence-corrected chi connectivity index (χ1v) is 5.05. The third kappa shape index (κ3) is 2.98. The molecule has 1 aromatic rings. The predicted molar refractivity (Wildman–Crippen MR) is 59.6 cm³/mol. The summed E-state index contributed by atoms with van der Waals surface area (Å²) in [5.41, 5.74) is 1.19. The van der Waals surface area contributed by atoms with Crippen LogP contribution in [0.5, 0.6) is 0 Å². The molecule has 1 atom stereocenters. The molecule has 0 aliphatic heterocycles. The Morgan fingerprint density at radius 1 is 1.29 bits per heavy atom. The van der Waals surface area contributed by atoms with Crippen molar-refractivity contribution in [1.82, 2.24) is 4.90 Å². The highest BCUT2D eigenvalue weighted by molar-refractivity contribution is 6.30. The van der Waals surface area contributed by atoms with Crippen LogP contribution in [-0.2, 0) is 0 Å². The molecule has 0 amide bonds. The van der Waals surface area contributed by atoms with Crippen LogP contribution >= 0.6 is 11.6 Å². The number of aliphatic hydroxyl groups excluding tert-OH is 1. The van der Waals surface area contributed by atoms with Gasteiger partial charge in [-0.1, -0.05) is 23.7 Å². The number of hydrogen-bond donors (Lipinski definition) is 1. The van der Waals surface area contributed by atoms with Crippen molar-refractivity contribution in [3.8, 4) is 0 Å². The maximum atomic E-state index is 8.95. The van der Waals surface area contributed by atoms with E-state index in [1.807, 2.05) is 38.4 Å². The molecule has 1 aromatic carbocycles. The Bertz CT molecular complexity index is 271. The summed E-state index contributed by atoms with van der Waals surface area (Å²) in [4.78, 5) is 2.10. The third-order valence-electron chi connectivity index (χ3n) is 2.28. The van der Waals surface area contributed by atoms with Crippen LogP contribution < -0.4 is 0 Å². The first-order valence-electron chi connectivity index (χ1n) is 4.68. The number of nitrogens with zero attached hydrogens (tertiary/aromatic N) is 1. The lowest BCUT2D eigenvalue weighted by Gasteiger charge is -2.23. The Labute approximate surface area is 90.1 Å². The molecule has 14 heavy (non-hydrogen) atoms. The molecule has 1 N–H and O–H groups in total. The van der Waals surface area contributed by atoms with Gasteiger partial charge in [0.2, 0.25) is 0 Å². The van der Waals surface area contributed by atoms with Crippen molar-refractivity contribution in [1.29, 1.82) is 0 Å². The molecule has 0 bridgehead atoms. The van der Waals surface area contributed by atoms with Crippen LogP contribution in [0.2, 0.25) is 5.02 Å². The first kappa shape index (κ1) is 11.5. The van der Waals surface area contributed by atoms with Gasteiger partial charge in [-0.2, -0.15) is 0 Å². The van der Waals surface area contributed by atoms with Crippen LogP contribution in [-0.4, -0.2) is 30.7 Å². The lowest BCUT2D eigenvalue weighted by atomic mass is 10.0. The highest BCUT2D eigenvalue weighted by Gasteiger charge is 2.12. The second-order valence-corrected chi connectivity index (χ2v) is 3.98. The van der Waals surface area contributed by atoms with Crippen molar-refractivity contribution in [2.45, 2.75) is 12.5 Å². The van der Waals surface area contributed by atoms with Crippen LogP contribution in [0.4, 0.5) is 0 Å². The molecule has 0 saturated heterocycles. The Morgan fingerprint density at radius 3 is 2.29 bits per heavy atom. The molecule has 0 spiro atoms. The SMILES string of the molecule is CN(C)C(CCO)c1ccc(Cl)cc1. The van der Waals surface area contributed by atoms with Crippen LogP contribution in [0.1, 0.15) is 18.0 Å². The molecule has 0 aromatic heterocycles. The summed E-state index contributed by atoms with van der Waals surface area (Å²) in [7, 11) is 4.02. The molecule has 0 aliphatic rings. The van der Waals surface area contributed by atoms with Gasteiger partial charge in [-0.25, -0.2) is 0 Å². The first-order chi connectivity index (χ1) is 6.65. The number of rotatable bonds is 4. The standard InChI is InChI=1S/C11H16ClNO/c1-13(2)11(7-8-14)9-3-5-10(12)6-4-9/h3-6,11,14H,7-8H2,1-2H3. The van der Waals surface area contributed by atoms with E-state index >= 15 is 0 Å². The minimum absolute atomic E-state index is 0.200. The zero-order valence-corrected chi connectivity index (χ0v) is 9.33. The average molecular weight is 214 g/mol. The van der Waals surface area contributed by atoms with Gasteiger partial charge < -0.3 is 10.0 Å². The zero-order chi connectivity index (χ0) is 10.6. The summed E-state index contributed by atoms with van der Waals surface area (Å²) in [5, 5.41) is 9.69. The van der Waals surface area contributed by atoms with Crippen molar-refractivity contribution >= 4 is 11.6 Å². The van der Waals surface area contributed by atoms with Gasteiger partial charge in [0.15, 0.2) is 0 Å². The maximum Gasteiger partial charge on any atom is 0.0449 e. The van der Waals surface area contributed by atoms with E-state index in [0.717, 1.165) is 11.4 Å². The van der Waals surface area contributed by atoms with Gasteiger partial charge in [-0.05, 0) is 38.2 Å². The largest absolute Gasteiger partial charge is 0.396 e. The second kappa shape index (κ2) is 5.35. The minimum atomic E-state index is 0.200. The molecule has 1 unspecified atom stereocenters. The molecule has 0 saturated carbocycles. The second-order valence-electron chi connectivity index (χ2n) is 3.54. The van der Waals surface area contributed by atoms with Crippen LogP contribution in [0.3, 0.4) is 0 Å². The summed E-state index contributed by atoms with van der Waals surface area (Å²) in [6.45, 7) is 0.200. The third-order valence-corrected chi connectivity index (χ3v) is 2.53. The van der Waals surface area contributed by atoms with E-state index in [4.69, 9.17) is 16.7 Å². The van der Waals surface area contributed by atoms with E-state index in [1.54, 1.807) is 0 Å². The monoisotopic (exact) mass is 213 g/mol. The van der Waals surface area contributed by atoms with E-state index in [0.29, 0.717) is 0 Å². The van der Waals surface area contributed by atoms with E-state index < -0.39 is 0 Å². The molecule has 0 fully saturated rings. The minimum Gasteiger partial charge on any atom is -0.396 e. The van der Waals surface area contributed by atoms with E-state index in [9.17, 15) is 0 Å². The summed E-state index contributed by atoms with van der Waals surface area (Å²) in [5.74, 6) is 0. The molecular formula is C11H16ClNO. The van der Waals surface area contributed by atoms with Crippen LogP contribution in [0.25, 0.3) is 0 Å². The molecule has 1 rings (SSSR count). The van der Waals surface area contributed by atoms with Gasteiger partial charge in [0.25, 0.3) is 0 Å². The van der Waals surface area contributed by atoms with Crippen LogP contribution in [0, 0.1) is 0 Å². The van der Waals surface area contributed by atoms with Crippen molar-refractivity contribution in [3.63, 3.8) is 0 Å². The Morgan fingerprint density at radius 2 is 1.86 bits per heavy atom. The van der Waals surface area contributed by atoms with E-state index in [-0.39, 0.29) is 12.6 Å². The Hall–Kier alpha value is -0.570. The van der Waals surface area contributed by atoms with Gasteiger partial charge >= 0.3 is 0 Å². The highest BCUT2D eigenvalue weighted by Crippen LogP contribution is 2.22. The van der Waals surface area contributed by atoms with Gasteiger partial charge in [0.05, 0.1) is 0 Å². The fraction of sp³-hybridized carbons (Fsp3) is 0.455. The topological polar surface area (TPSA) is 23.5 Å². The van der Waals surface area contributed by atoms with Crippen molar-refractivity contribution in [2.75, 3.05) is 20.7 Å². The number of benzene rings is 1. The number of aliphatic hydroxyl groups is 1. The summed E-state index contributed by atoms with van der Waals surface area (Å²) in [6.07, 6.45) is 0.745. The van der Waals surface area contributed by atoms with Crippen molar-refractivity contribution in [2.24, 2.45) is 0 Å². The number of hydrogen-bond acceptors (Lipinski definition) is 2. The molecule has 0 aliphatic carbocycles. The molecule has 78 valence electrons. The van der Waals surface area contributed by atoms with E-state index in [1.165, 1.54) is 5.56 Å². The Balaban J connectivity index is 2.82. The molecule has 0 heterocycles. The summed E-state index contributed by atoms with van der Waals surface area (Å²) >= 11 is 5.81. The van der Waals surface area contributed by atoms with Crippen LogP contribution in [0.15, 0.2) is 24.3 Å². The summed E-state index contributed by atoms with van der Waals surface area (Å²) in [6, 6.07) is 8.03. The van der Waals surface area contributed by atoms with E-state index in [2.05, 4.69) is 4.90 Å². The highest BCUT2D eigenvalue weighted by atomic mass is 35.5. The summed E-state index contributed by atoms with van der Waals surface area (Å²) < 4.78 is 0. The predicted octanol–water partition coefficient (Wildman–Crippen LogP) is 2.33. The lowest BCUT2D eigenvalue weighted by molar-refractivity contribution is 0.211. The van der Waals surface area contributed by atoms with Gasteiger partial charge in [-0.3, -0.25) is 0 Å². The van der Waals surface area contributed by atoms with Gasteiger partial charge in [0.1, 0.15) is 0 Å². The number of halogens is 1. The Kier molecular flexibility index (Phi) is 4.39. The molecule has 0 radical (unpaired) electrons. The smallest absolute Gasteiger partial charge is 0.0449 e.